The molecule has 0 radical (unpaired) electrons. The Labute approximate surface area is 251 Å². The van der Waals surface area contributed by atoms with Gasteiger partial charge in [0.25, 0.3) is 0 Å². The molecule has 2 aromatic rings. The van der Waals surface area contributed by atoms with Crippen LogP contribution >= 0.6 is 0 Å². The minimum atomic E-state index is -4.60. The Morgan fingerprint density at radius 3 is 2.36 bits per heavy atom. The summed E-state index contributed by atoms with van der Waals surface area (Å²) in [6.45, 7) is 3.40. The largest absolute Gasteiger partial charge is 0.488 e. The van der Waals surface area contributed by atoms with Gasteiger partial charge < -0.3 is 19.7 Å². The summed E-state index contributed by atoms with van der Waals surface area (Å²) in [5, 5.41) is 12.0. The molecule has 1 N–H and O–H groups in total. The molecule has 1 unspecified atom stereocenters. The molecule has 2 aromatic carbocycles. The number of carbonyl (C=O) groups is 1. The van der Waals surface area contributed by atoms with E-state index in [0.717, 1.165) is 43.9 Å². The van der Waals surface area contributed by atoms with Gasteiger partial charge in [-0.25, -0.2) is 0 Å². The maximum atomic E-state index is 13.2. The van der Waals surface area contributed by atoms with Crippen molar-refractivity contribution < 1.29 is 40.6 Å². The maximum absolute atomic E-state index is 13.2. The minimum Gasteiger partial charge on any atom is -0.488 e. The lowest BCUT2D eigenvalue weighted by molar-refractivity contribution is -0.141. The minimum absolute atomic E-state index is 0.0123. The number of halogens is 6. The number of piperazine rings is 1. The summed E-state index contributed by atoms with van der Waals surface area (Å²) in [6, 6.07) is 8.77. The van der Waals surface area contributed by atoms with Crippen LogP contribution in [0.2, 0.25) is 0 Å². The molecule has 1 aliphatic carbocycles. The van der Waals surface area contributed by atoms with Crippen LogP contribution in [-0.4, -0.2) is 73.8 Å². The molecule has 0 spiro atoms. The smallest absolute Gasteiger partial charge is 0.417 e. The van der Waals surface area contributed by atoms with Crippen molar-refractivity contribution >= 4 is 11.6 Å². The Kier molecular flexibility index (Phi) is 9.60. The van der Waals surface area contributed by atoms with Crippen molar-refractivity contribution in [3.05, 3.63) is 58.7 Å². The Morgan fingerprint density at radius 2 is 1.70 bits per heavy atom. The van der Waals surface area contributed by atoms with Crippen molar-refractivity contribution in [2.45, 2.75) is 56.7 Å². The van der Waals surface area contributed by atoms with Crippen LogP contribution in [0.4, 0.5) is 32.0 Å². The number of amides is 1. The zero-order valence-corrected chi connectivity index (χ0v) is 24.0. The van der Waals surface area contributed by atoms with E-state index in [-0.39, 0.29) is 30.6 Å². The molecule has 2 aliphatic heterocycles. The molecule has 0 bridgehead atoms. The van der Waals surface area contributed by atoms with E-state index in [2.05, 4.69) is 10.2 Å². The van der Waals surface area contributed by atoms with Crippen LogP contribution in [0.15, 0.2) is 36.4 Å². The van der Waals surface area contributed by atoms with Gasteiger partial charge in [-0.3, -0.25) is 9.69 Å². The molecule has 2 heterocycles. The van der Waals surface area contributed by atoms with Crippen LogP contribution in [0.5, 0.6) is 5.75 Å². The average Bonchev–Trinajstić information content (AvgIpc) is 3.40. The maximum Gasteiger partial charge on any atom is 0.417 e. The first-order chi connectivity index (χ1) is 20.9. The van der Waals surface area contributed by atoms with Gasteiger partial charge in [-0.05, 0) is 73.6 Å². The number of fused-ring (bicyclic) bond motifs is 1. The lowest BCUT2D eigenvalue weighted by atomic mass is 9.87. The molecular formula is C31H34F6N4O3. The second-order valence-electron chi connectivity index (χ2n) is 11.7. The van der Waals surface area contributed by atoms with E-state index in [1.807, 2.05) is 0 Å². The summed E-state index contributed by atoms with van der Waals surface area (Å²) in [5.74, 6) is 0.663. The third-order valence-electron chi connectivity index (χ3n) is 8.59. The molecule has 1 amide bonds. The van der Waals surface area contributed by atoms with Crippen LogP contribution in [0.3, 0.4) is 0 Å². The number of nitrogens with zero attached hydrogens (tertiary/aromatic N) is 3. The van der Waals surface area contributed by atoms with Crippen molar-refractivity contribution in [2.75, 3.05) is 51.2 Å². The van der Waals surface area contributed by atoms with Gasteiger partial charge in [0.1, 0.15) is 18.5 Å². The molecule has 1 saturated carbocycles. The lowest BCUT2D eigenvalue weighted by Crippen LogP contribution is -2.51. The van der Waals surface area contributed by atoms with Gasteiger partial charge >= 0.3 is 12.4 Å². The van der Waals surface area contributed by atoms with Crippen LogP contribution in [0.25, 0.3) is 0 Å². The summed E-state index contributed by atoms with van der Waals surface area (Å²) in [5.41, 5.74) is -1.15. The predicted molar refractivity (Wildman–Crippen MR) is 149 cm³/mol. The molecule has 7 nitrogen and oxygen atoms in total. The third kappa shape index (κ3) is 7.95. The first-order valence-electron chi connectivity index (χ1n) is 14.7. The van der Waals surface area contributed by atoms with E-state index in [4.69, 9.17) is 14.7 Å². The van der Waals surface area contributed by atoms with Crippen molar-refractivity contribution in [3.63, 3.8) is 0 Å². The Morgan fingerprint density at radius 1 is 0.977 bits per heavy atom. The van der Waals surface area contributed by atoms with Crippen LogP contribution < -0.4 is 10.1 Å². The van der Waals surface area contributed by atoms with E-state index in [1.165, 1.54) is 18.2 Å². The van der Waals surface area contributed by atoms with Gasteiger partial charge in [-0.2, -0.15) is 31.6 Å². The first kappa shape index (κ1) is 31.9. The molecule has 238 valence electrons. The predicted octanol–water partition coefficient (Wildman–Crippen LogP) is 5.73. The second kappa shape index (κ2) is 13.2. The van der Waals surface area contributed by atoms with Crippen molar-refractivity contribution in [1.29, 1.82) is 5.26 Å². The number of hydrogen-bond donors (Lipinski definition) is 1. The Bertz CT molecular complexity index is 1360. The second-order valence-corrected chi connectivity index (χ2v) is 11.7. The normalized spacial score (nSPS) is 22.7. The average molecular weight is 625 g/mol. The standard InChI is InChI=1S/C31H34F6N4O3/c32-30(33,34)23-4-8-28-22(13-23)14-26(44-28)18-40-9-11-41(12-10-40)29(42)19-43-25-6-1-20(2-7-25)17-39-24-5-3-21(16-38)27(15-24)31(35,36)37/h3-5,8,13,15,20,25-26,39H,1-2,6-7,9-12,14,17-19H2. The number of nitrogens with one attached hydrogen (secondary N) is 1. The zero-order valence-electron chi connectivity index (χ0n) is 24.0. The fourth-order valence-corrected chi connectivity index (χ4v) is 6.10. The van der Waals surface area contributed by atoms with Gasteiger partial charge in [0.2, 0.25) is 5.91 Å². The molecule has 2 fully saturated rings. The number of anilines is 1. The quantitative estimate of drug-likeness (QED) is 0.378. The fourth-order valence-electron chi connectivity index (χ4n) is 6.10. The number of benzene rings is 2. The monoisotopic (exact) mass is 624 g/mol. The molecular weight excluding hydrogens is 590 g/mol. The fraction of sp³-hybridized carbons (Fsp3) is 0.548. The highest BCUT2D eigenvalue weighted by molar-refractivity contribution is 5.77. The number of rotatable bonds is 8. The Hall–Kier alpha value is -3.50. The summed E-state index contributed by atoms with van der Waals surface area (Å²) in [4.78, 5) is 16.7. The lowest BCUT2D eigenvalue weighted by Gasteiger charge is -2.36. The van der Waals surface area contributed by atoms with E-state index in [9.17, 15) is 31.1 Å². The molecule has 44 heavy (non-hydrogen) atoms. The summed E-state index contributed by atoms with van der Waals surface area (Å²) < 4.78 is 90.5. The van der Waals surface area contributed by atoms with E-state index in [1.54, 1.807) is 11.0 Å². The zero-order chi connectivity index (χ0) is 31.5. The topological polar surface area (TPSA) is 77.8 Å². The third-order valence-corrected chi connectivity index (χ3v) is 8.59. The Balaban J connectivity index is 0.978. The van der Waals surface area contributed by atoms with E-state index < -0.39 is 29.0 Å². The van der Waals surface area contributed by atoms with Crippen molar-refractivity contribution in [3.8, 4) is 11.8 Å². The van der Waals surface area contributed by atoms with Gasteiger partial charge in [-0.1, -0.05) is 0 Å². The number of carbonyl (C=O) groups excluding carboxylic acids is 1. The number of nitriles is 1. The summed E-state index contributed by atoms with van der Waals surface area (Å²) in [6.07, 6.45) is -5.72. The van der Waals surface area contributed by atoms with Gasteiger partial charge in [0.05, 0.1) is 28.9 Å². The number of alkyl halides is 6. The molecule has 3 aliphatic rings. The highest BCUT2D eigenvalue weighted by atomic mass is 19.4. The molecule has 1 atom stereocenters. The molecule has 5 rings (SSSR count). The first-order valence-corrected chi connectivity index (χ1v) is 14.7. The van der Waals surface area contributed by atoms with Crippen LogP contribution in [0.1, 0.15) is 47.9 Å². The van der Waals surface area contributed by atoms with Crippen molar-refractivity contribution in [2.24, 2.45) is 5.92 Å². The van der Waals surface area contributed by atoms with Gasteiger partial charge in [-0.15, -0.1) is 0 Å². The van der Waals surface area contributed by atoms with Crippen molar-refractivity contribution in [1.82, 2.24) is 9.80 Å². The van der Waals surface area contributed by atoms with Gasteiger partial charge in [0, 0.05) is 51.4 Å². The molecule has 0 aromatic heterocycles. The highest BCUT2D eigenvalue weighted by Gasteiger charge is 2.35. The van der Waals surface area contributed by atoms with E-state index >= 15 is 0 Å². The number of hydrogen-bond acceptors (Lipinski definition) is 6. The molecule has 1 saturated heterocycles. The summed E-state index contributed by atoms with van der Waals surface area (Å²) >= 11 is 0. The molecule has 13 heteroatoms. The van der Waals surface area contributed by atoms with E-state index in [0.29, 0.717) is 62.7 Å². The summed E-state index contributed by atoms with van der Waals surface area (Å²) in [7, 11) is 0. The number of ether oxygens (including phenoxy) is 2. The SMILES string of the molecule is N#Cc1ccc(NCC2CCC(OCC(=O)N3CCN(CC4Cc5cc(C(F)(F)F)ccc5O4)CC3)CC2)cc1C(F)(F)F. The van der Waals surface area contributed by atoms with Crippen LogP contribution in [0, 0.1) is 17.2 Å². The van der Waals surface area contributed by atoms with Crippen LogP contribution in [-0.2, 0) is 28.3 Å². The van der Waals surface area contributed by atoms with Gasteiger partial charge in [0.15, 0.2) is 0 Å². The highest BCUT2D eigenvalue weighted by Crippen LogP contribution is 2.37.